The summed E-state index contributed by atoms with van der Waals surface area (Å²) < 4.78 is 27.5. The summed E-state index contributed by atoms with van der Waals surface area (Å²) >= 11 is 0. The molecule has 1 aliphatic rings. The molecule has 6 heteroatoms. The molecule has 1 N–H and O–H groups in total. The Labute approximate surface area is 97.4 Å². The second kappa shape index (κ2) is 5.75. The molecule has 0 aromatic rings. The van der Waals surface area contributed by atoms with E-state index in [1.54, 1.807) is 6.92 Å². The number of piperidine rings is 1. The fraction of sp³-hybridized carbons (Fsp3) is 0.900. The summed E-state index contributed by atoms with van der Waals surface area (Å²) in [6.07, 6.45) is 2.06. The summed E-state index contributed by atoms with van der Waals surface area (Å²) in [6, 6.07) is 0. The second-order valence-electron chi connectivity index (χ2n) is 4.18. The molecular weight excluding hydrogens is 228 g/mol. The van der Waals surface area contributed by atoms with Gasteiger partial charge >= 0.3 is 0 Å². The lowest BCUT2D eigenvalue weighted by molar-refractivity contribution is -0.121. The topological polar surface area (TPSA) is 66.5 Å². The van der Waals surface area contributed by atoms with E-state index in [9.17, 15) is 13.2 Å². The number of hydrogen-bond donors (Lipinski definition) is 1. The summed E-state index contributed by atoms with van der Waals surface area (Å²) in [5, 5.41) is 0. The molecule has 0 amide bonds. The van der Waals surface area contributed by atoms with Crippen LogP contribution in [0.3, 0.4) is 0 Å². The van der Waals surface area contributed by atoms with E-state index in [1.807, 2.05) is 6.92 Å². The van der Waals surface area contributed by atoms with Crippen molar-refractivity contribution in [3.8, 4) is 0 Å². The molecule has 0 radical (unpaired) electrons. The quantitative estimate of drug-likeness (QED) is 0.772. The Morgan fingerprint density at radius 1 is 1.38 bits per heavy atom. The first-order valence-electron chi connectivity index (χ1n) is 5.72. The van der Waals surface area contributed by atoms with E-state index in [-0.39, 0.29) is 11.7 Å². The molecule has 5 nitrogen and oxygen atoms in total. The van der Waals surface area contributed by atoms with Gasteiger partial charge in [-0.3, -0.25) is 4.79 Å². The van der Waals surface area contributed by atoms with Crippen LogP contribution < -0.4 is 4.72 Å². The van der Waals surface area contributed by atoms with Gasteiger partial charge in [0, 0.05) is 25.6 Å². The monoisotopic (exact) mass is 248 g/mol. The van der Waals surface area contributed by atoms with Gasteiger partial charge in [0.25, 0.3) is 10.2 Å². The summed E-state index contributed by atoms with van der Waals surface area (Å²) in [7, 11) is -3.32. The molecule has 1 rings (SSSR count). The minimum Gasteiger partial charge on any atom is -0.300 e. The Bertz CT molecular complexity index is 332. The third-order valence-electron chi connectivity index (χ3n) is 2.90. The lowest BCUT2D eigenvalue weighted by Crippen LogP contribution is -2.45. The average Bonchev–Trinajstić information content (AvgIpc) is 2.26. The summed E-state index contributed by atoms with van der Waals surface area (Å²) in [5.74, 6) is 0.205. The minimum atomic E-state index is -3.32. The van der Waals surface area contributed by atoms with Crippen LogP contribution in [0.2, 0.25) is 0 Å². The van der Waals surface area contributed by atoms with Crippen LogP contribution >= 0.6 is 0 Å². The van der Waals surface area contributed by atoms with E-state index in [0.29, 0.717) is 32.5 Å². The maximum absolute atomic E-state index is 11.8. The molecule has 0 aromatic carbocycles. The van der Waals surface area contributed by atoms with Gasteiger partial charge in [-0.15, -0.1) is 0 Å². The van der Waals surface area contributed by atoms with Crippen molar-refractivity contribution < 1.29 is 13.2 Å². The molecule has 0 saturated carbocycles. The first-order chi connectivity index (χ1) is 7.47. The molecular formula is C10H20N2O3S. The zero-order valence-electron chi connectivity index (χ0n) is 9.90. The number of carbonyl (C=O) groups is 1. The van der Waals surface area contributed by atoms with Crippen LogP contribution in [-0.2, 0) is 15.0 Å². The fourth-order valence-electron chi connectivity index (χ4n) is 1.83. The highest BCUT2D eigenvalue weighted by Gasteiger charge is 2.28. The number of ketones is 1. The zero-order valence-corrected chi connectivity index (χ0v) is 10.7. The van der Waals surface area contributed by atoms with Crippen LogP contribution in [0.1, 0.15) is 33.1 Å². The molecule has 1 saturated heterocycles. The van der Waals surface area contributed by atoms with Gasteiger partial charge in [-0.1, -0.05) is 6.92 Å². The van der Waals surface area contributed by atoms with Gasteiger partial charge < -0.3 is 0 Å². The Balaban J connectivity index is 2.50. The van der Waals surface area contributed by atoms with Crippen molar-refractivity contribution in [2.45, 2.75) is 33.1 Å². The lowest BCUT2D eigenvalue weighted by Gasteiger charge is -2.29. The molecule has 0 spiro atoms. The van der Waals surface area contributed by atoms with Crippen molar-refractivity contribution in [1.29, 1.82) is 0 Å². The SMILES string of the molecule is CCCNS(=O)(=O)N1CCC(C(C)=O)CC1. The van der Waals surface area contributed by atoms with Crippen molar-refractivity contribution in [2.75, 3.05) is 19.6 Å². The van der Waals surface area contributed by atoms with E-state index in [0.717, 1.165) is 6.42 Å². The first-order valence-corrected chi connectivity index (χ1v) is 7.16. The zero-order chi connectivity index (χ0) is 12.2. The van der Waals surface area contributed by atoms with Crippen molar-refractivity contribution in [2.24, 2.45) is 5.92 Å². The van der Waals surface area contributed by atoms with Crippen LogP contribution in [0.5, 0.6) is 0 Å². The Kier molecular flexibility index (Phi) is 4.89. The number of nitrogens with zero attached hydrogens (tertiary/aromatic N) is 1. The smallest absolute Gasteiger partial charge is 0.279 e. The van der Waals surface area contributed by atoms with Gasteiger partial charge in [0.1, 0.15) is 5.78 Å². The molecule has 0 bridgehead atoms. The predicted octanol–water partition coefficient (Wildman–Crippen LogP) is 0.532. The van der Waals surface area contributed by atoms with Gasteiger partial charge in [-0.25, -0.2) is 4.72 Å². The molecule has 1 fully saturated rings. The van der Waals surface area contributed by atoms with Crippen molar-refractivity contribution >= 4 is 16.0 Å². The van der Waals surface area contributed by atoms with Crippen LogP contribution in [0.4, 0.5) is 0 Å². The van der Waals surface area contributed by atoms with Crippen molar-refractivity contribution in [3.63, 3.8) is 0 Å². The number of hydrogen-bond acceptors (Lipinski definition) is 3. The highest BCUT2D eigenvalue weighted by Crippen LogP contribution is 2.19. The average molecular weight is 248 g/mol. The van der Waals surface area contributed by atoms with Gasteiger partial charge in [0.05, 0.1) is 0 Å². The van der Waals surface area contributed by atoms with Gasteiger partial charge in [-0.05, 0) is 26.2 Å². The van der Waals surface area contributed by atoms with Crippen LogP contribution in [0, 0.1) is 5.92 Å². The van der Waals surface area contributed by atoms with E-state index < -0.39 is 10.2 Å². The standard InChI is InChI=1S/C10H20N2O3S/c1-3-6-11-16(14,15)12-7-4-10(5-8-12)9(2)13/h10-11H,3-8H2,1-2H3. The van der Waals surface area contributed by atoms with Crippen LogP contribution in [0.25, 0.3) is 0 Å². The van der Waals surface area contributed by atoms with Gasteiger partial charge in [0.2, 0.25) is 0 Å². The highest BCUT2D eigenvalue weighted by molar-refractivity contribution is 7.87. The number of nitrogens with one attached hydrogen (secondary N) is 1. The van der Waals surface area contributed by atoms with Gasteiger partial charge in [0.15, 0.2) is 0 Å². The largest absolute Gasteiger partial charge is 0.300 e. The lowest BCUT2D eigenvalue weighted by atomic mass is 9.95. The van der Waals surface area contributed by atoms with Gasteiger partial charge in [-0.2, -0.15) is 12.7 Å². The Morgan fingerprint density at radius 3 is 2.38 bits per heavy atom. The van der Waals surface area contributed by atoms with E-state index in [1.165, 1.54) is 4.31 Å². The Morgan fingerprint density at radius 2 is 1.94 bits per heavy atom. The number of Topliss-reactive ketones (excluding diaryl/α,β-unsaturated/α-hetero) is 1. The normalized spacial score (nSPS) is 19.9. The summed E-state index contributed by atoms with van der Waals surface area (Å²) in [6.45, 7) is 4.86. The van der Waals surface area contributed by atoms with E-state index in [2.05, 4.69) is 4.72 Å². The highest BCUT2D eigenvalue weighted by atomic mass is 32.2. The molecule has 0 atom stereocenters. The number of rotatable bonds is 5. The molecule has 94 valence electrons. The molecule has 0 aliphatic carbocycles. The van der Waals surface area contributed by atoms with Crippen LogP contribution in [-0.4, -0.2) is 38.1 Å². The molecule has 16 heavy (non-hydrogen) atoms. The molecule has 0 unspecified atom stereocenters. The third kappa shape index (κ3) is 3.54. The van der Waals surface area contributed by atoms with E-state index >= 15 is 0 Å². The van der Waals surface area contributed by atoms with Crippen molar-refractivity contribution in [3.05, 3.63) is 0 Å². The molecule has 1 aliphatic heterocycles. The second-order valence-corrected chi connectivity index (χ2v) is 5.94. The third-order valence-corrected chi connectivity index (χ3v) is 4.52. The number of carbonyl (C=O) groups excluding carboxylic acids is 1. The van der Waals surface area contributed by atoms with Crippen LogP contribution in [0.15, 0.2) is 0 Å². The maximum atomic E-state index is 11.8. The van der Waals surface area contributed by atoms with Crippen molar-refractivity contribution in [1.82, 2.24) is 9.03 Å². The predicted molar refractivity (Wildman–Crippen MR) is 62.2 cm³/mol. The Hall–Kier alpha value is -0.460. The minimum absolute atomic E-state index is 0.0395. The maximum Gasteiger partial charge on any atom is 0.279 e. The molecule has 1 heterocycles. The summed E-state index contributed by atoms with van der Waals surface area (Å²) in [4.78, 5) is 11.1. The molecule has 0 aromatic heterocycles. The first kappa shape index (κ1) is 13.6. The van der Waals surface area contributed by atoms with E-state index in [4.69, 9.17) is 0 Å². The summed E-state index contributed by atoms with van der Waals surface area (Å²) in [5.41, 5.74) is 0. The fourth-order valence-corrected chi connectivity index (χ4v) is 3.16.